The van der Waals surface area contributed by atoms with Crippen molar-refractivity contribution in [2.45, 2.75) is 18.3 Å². The number of alkyl halides is 3. The molecule has 19 heavy (non-hydrogen) atoms. The monoisotopic (exact) mass is 289 g/mol. The first-order valence-electron chi connectivity index (χ1n) is 5.46. The highest BCUT2D eigenvalue weighted by Crippen LogP contribution is 2.32. The molecule has 0 bridgehead atoms. The van der Waals surface area contributed by atoms with E-state index in [4.69, 9.17) is 0 Å². The van der Waals surface area contributed by atoms with Crippen molar-refractivity contribution >= 4 is 29.3 Å². The van der Waals surface area contributed by atoms with Crippen LogP contribution in [0.2, 0.25) is 0 Å². The van der Waals surface area contributed by atoms with Crippen LogP contribution in [0.25, 0.3) is 0 Å². The molecule has 0 aromatic heterocycles. The molecule has 1 atom stereocenters. The van der Waals surface area contributed by atoms with Crippen molar-refractivity contribution in [3.8, 4) is 0 Å². The minimum atomic E-state index is -4.43. The van der Waals surface area contributed by atoms with Gasteiger partial charge in [0.15, 0.2) is 0 Å². The molecular formula is C12H10F3NO2S. The van der Waals surface area contributed by atoms with E-state index >= 15 is 0 Å². The van der Waals surface area contributed by atoms with E-state index in [1.54, 1.807) is 6.92 Å². The van der Waals surface area contributed by atoms with E-state index in [9.17, 15) is 22.8 Å². The molecule has 1 aromatic rings. The first-order valence-corrected chi connectivity index (χ1v) is 6.51. The van der Waals surface area contributed by atoms with E-state index in [0.717, 1.165) is 29.2 Å². The highest BCUT2D eigenvalue weighted by molar-refractivity contribution is 8.01. The minimum absolute atomic E-state index is 0.147. The largest absolute Gasteiger partial charge is 0.416 e. The van der Waals surface area contributed by atoms with Crippen LogP contribution in [0, 0.1) is 0 Å². The second-order valence-electron chi connectivity index (χ2n) is 4.07. The van der Waals surface area contributed by atoms with Crippen LogP contribution in [0.15, 0.2) is 24.3 Å². The number of anilines is 1. The summed E-state index contributed by atoms with van der Waals surface area (Å²) in [6.07, 6.45) is -4.43. The molecule has 1 unspecified atom stereocenters. The average molecular weight is 289 g/mol. The lowest BCUT2D eigenvalue weighted by Gasteiger charge is -2.28. The van der Waals surface area contributed by atoms with Gasteiger partial charge >= 0.3 is 6.18 Å². The zero-order valence-electron chi connectivity index (χ0n) is 9.90. The molecule has 3 nitrogen and oxygen atoms in total. The smallest absolute Gasteiger partial charge is 0.273 e. The van der Waals surface area contributed by atoms with Crippen LogP contribution in [-0.4, -0.2) is 22.8 Å². The van der Waals surface area contributed by atoms with E-state index in [1.165, 1.54) is 11.8 Å². The van der Waals surface area contributed by atoms with Crippen molar-refractivity contribution in [3.05, 3.63) is 29.8 Å². The molecule has 0 N–H and O–H groups in total. The number of benzene rings is 1. The second kappa shape index (κ2) is 4.88. The van der Waals surface area contributed by atoms with Crippen molar-refractivity contribution in [2.75, 3.05) is 10.7 Å². The van der Waals surface area contributed by atoms with Crippen molar-refractivity contribution in [2.24, 2.45) is 0 Å². The summed E-state index contributed by atoms with van der Waals surface area (Å²) in [5, 5.41) is -0.375. The fraction of sp³-hybridized carbons (Fsp3) is 0.333. The van der Waals surface area contributed by atoms with Gasteiger partial charge in [-0.15, -0.1) is 11.8 Å². The van der Waals surface area contributed by atoms with E-state index < -0.39 is 23.6 Å². The molecule has 0 radical (unpaired) electrons. The molecule has 2 amide bonds. The molecule has 1 saturated heterocycles. The van der Waals surface area contributed by atoms with E-state index in [1.807, 2.05) is 0 Å². The Labute approximate surface area is 111 Å². The van der Waals surface area contributed by atoms with Crippen molar-refractivity contribution < 1.29 is 22.8 Å². The molecule has 1 heterocycles. The SMILES string of the molecule is CC1SCC(=O)N(c2ccc(C(F)(F)F)cc2)C1=O. The van der Waals surface area contributed by atoms with Gasteiger partial charge in [-0.2, -0.15) is 13.2 Å². The van der Waals surface area contributed by atoms with Gasteiger partial charge in [-0.1, -0.05) is 0 Å². The van der Waals surface area contributed by atoms with Crippen LogP contribution in [0.1, 0.15) is 12.5 Å². The third-order valence-corrected chi connectivity index (χ3v) is 3.84. The van der Waals surface area contributed by atoms with Gasteiger partial charge in [-0.05, 0) is 31.2 Å². The molecule has 102 valence electrons. The van der Waals surface area contributed by atoms with Gasteiger partial charge in [0.1, 0.15) is 0 Å². The number of carbonyl (C=O) groups is 2. The third kappa shape index (κ3) is 2.75. The first kappa shape index (κ1) is 13.9. The van der Waals surface area contributed by atoms with Gasteiger partial charge in [-0.3, -0.25) is 9.59 Å². The van der Waals surface area contributed by atoms with E-state index in [-0.39, 0.29) is 16.7 Å². The van der Waals surface area contributed by atoms with Crippen molar-refractivity contribution in [3.63, 3.8) is 0 Å². The number of carbonyl (C=O) groups excluding carboxylic acids is 2. The number of amides is 2. The summed E-state index contributed by atoms with van der Waals surface area (Å²) in [6, 6.07) is 4.01. The highest BCUT2D eigenvalue weighted by atomic mass is 32.2. The summed E-state index contributed by atoms with van der Waals surface area (Å²) in [5.74, 6) is -0.664. The van der Waals surface area contributed by atoms with Crippen LogP contribution < -0.4 is 4.90 Å². The Morgan fingerprint density at radius 2 is 1.79 bits per heavy atom. The molecule has 0 saturated carbocycles. The number of thioether (sulfide) groups is 1. The van der Waals surface area contributed by atoms with Gasteiger partial charge in [-0.25, -0.2) is 4.90 Å². The summed E-state index contributed by atoms with van der Waals surface area (Å²) < 4.78 is 37.3. The second-order valence-corrected chi connectivity index (χ2v) is 5.39. The van der Waals surface area contributed by atoms with E-state index in [0.29, 0.717) is 0 Å². The Morgan fingerprint density at radius 1 is 1.21 bits per heavy atom. The lowest BCUT2D eigenvalue weighted by atomic mass is 10.2. The molecule has 0 aliphatic carbocycles. The Balaban J connectivity index is 2.31. The molecular weight excluding hydrogens is 279 g/mol. The van der Waals surface area contributed by atoms with Gasteiger partial charge in [0.25, 0.3) is 0 Å². The predicted octanol–water partition coefficient (Wildman–Crippen LogP) is 2.70. The lowest BCUT2D eigenvalue weighted by Crippen LogP contribution is -2.46. The molecule has 1 aromatic carbocycles. The summed E-state index contributed by atoms with van der Waals surface area (Å²) in [4.78, 5) is 24.5. The standard InChI is InChI=1S/C12H10F3NO2S/c1-7-11(18)16(10(17)6-19-7)9-4-2-8(3-5-9)12(13,14)15/h2-5,7H,6H2,1H3. The number of rotatable bonds is 1. The Morgan fingerprint density at radius 3 is 2.32 bits per heavy atom. The molecule has 0 spiro atoms. The van der Waals surface area contributed by atoms with Crippen molar-refractivity contribution in [1.82, 2.24) is 0 Å². The van der Waals surface area contributed by atoms with Crippen LogP contribution in [0.5, 0.6) is 0 Å². The number of hydrogen-bond acceptors (Lipinski definition) is 3. The first-order chi connectivity index (χ1) is 8.80. The zero-order valence-corrected chi connectivity index (χ0v) is 10.7. The summed E-state index contributed by atoms with van der Waals surface area (Å²) in [7, 11) is 0. The predicted molar refractivity (Wildman–Crippen MR) is 65.9 cm³/mol. The highest BCUT2D eigenvalue weighted by Gasteiger charge is 2.34. The van der Waals surface area contributed by atoms with Crippen LogP contribution in [0.4, 0.5) is 18.9 Å². The normalized spacial score (nSPS) is 20.8. The Hall–Kier alpha value is -1.50. The molecule has 1 fully saturated rings. The van der Waals surface area contributed by atoms with Crippen LogP contribution in [-0.2, 0) is 15.8 Å². The van der Waals surface area contributed by atoms with E-state index in [2.05, 4.69) is 0 Å². The topological polar surface area (TPSA) is 37.4 Å². The zero-order chi connectivity index (χ0) is 14.2. The molecule has 1 aliphatic heterocycles. The molecule has 1 aliphatic rings. The number of hydrogen-bond donors (Lipinski definition) is 0. The maximum atomic E-state index is 12.4. The third-order valence-electron chi connectivity index (χ3n) is 2.73. The quantitative estimate of drug-likeness (QED) is 0.746. The molecule has 7 heteroatoms. The van der Waals surface area contributed by atoms with Gasteiger partial charge in [0, 0.05) is 0 Å². The maximum Gasteiger partial charge on any atom is 0.416 e. The van der Waals surface area contributed by atoms with Gasteiger partial charge in [0.05, 0.1) is 22.3 Å². The fourth-order valence-corrected chi connectivity index (χ4v) is 2.48. The number of imide groups is 1. The summed E-state index contributed by atoms with van der Waals surface area (Å²) >= 11 is 1.22. The Bertz CT molecular complexity index is 513. The fourth-order valence-electron chi connectivity index (χ4n) is 1.71. The van der Waals surface area contributed by atoms with Crippen LogP contribution in [0.3, 0.4) is 0 Å². The summed E-state index contributed by atoms with van der Waals surface area (Å²) in [6.45, 7) is 1.66. The lowest BCUT2D eigenvalue weighted by molar-refractivity contribution is -0.137. The number of halogens is 3. The average Bonchev–Trinajstić information content (AvgIpc) is 2.34. The van der Waals surface area contributed by atoms with Gasteiger partial charge in [0.2, 0.25) is 11.8 Å². The van der Waals surface area contributed by atoms with Gasteiger partial charge < -0.3 is 0 Å². The molecule has 2 rings (SSSR count). The summed E-state index contributed by atoms with van der Waals surface area (Å²) in [5.41, 5.74) is -0.634. The maximum absolute atomic E-state index is 12.4. The van der Waals surface area contributed by atoms with Crippen LogP contribution >= 0.6 is 11.8 Å². The number of nitrogens with zero attached hydrogens (tertiary/aromatic N) is 1. The Kier molecular flexibility index (Phi) is 3.58. The minimum Gasteiger partial charge on any atom is -0.273 e. The van der Waals surface area contributed by atoms with Crippen molar-refractivity contribution in [1.29, 1.82) is 0 Å².